The van der Waals surface area contributed by atoms with Crippen molar-refractivity contribution in [2.45, 2.75) is 43.5 Å². The summed E-state index contributed by atoms with van der Waals surface area (Å²) in [4.78, 5) is 2.63. The summed E-state index contributed by atoms with van der Waals surface area (Å²) in [5.74, 6) is 2.47. The number of rotatable bonds is 11. The van der Waals surface area contributed by atoms with Crippen LogP contribution in [0.5, 0.6) is 23.0 Å². The van der Waals surface area contributed by atoms with Crippen LogP contribution in [0, 0.1) is 0 Å². The van der Waals surface area contributed by atoms with Gasteiger partial charge in [-0.05, 0) is 55.0 Å². The van der Waals surface area contributed by atoms with Gasteiger partial charge in [-0.15, -0.1) is 12.4 Å². The minimum absolute atomic E-state index is 0. The molecule has 1 atom stereocenters. The second-order valence-electron chi connectivity index (χ2n) is 8.87. The predicted octanol–water partition coefficient (Wildman–Crippen LogP) is 4.09. The van der Waals surface area contributed by atoms with E-state index in [0.29, 0.717) is 30.6 Å². The second kappa shape index (κ2) is 11.9. The molecule has 1 aliphatic heterocycles. The maximum atomic E-state index is 13.5. The Bertz CT molecular complexity index is 1170. The standard InChI is InChI=1S/C26H36N2O6S.ClH/c1-6-28(35(29,30)24-17-19(31-2)8-11-22(24)32-3)14-7-13-27-15-12-18-16-23(33-4)26(34-5)20-9-10-21(27)25(18)20;/h8,11,16-17,21H,6-7,9-10,12-15H2,1-5H3;1H. The van der Waals surface area contributed by atoms with Crippen molar-refractivity contribution < 1.29 is 27.4 Å². The van der Waals surface area contributed by atoms with E-state index in [9.17, 15) is 8.42 Å². The van der Waals surface area contributed by atoms with Crippen LogP contribution in [0.3, 0.4) is 0 Å². The zero-order valence-corrected chi connectivity index (χ0v) is 23.3. The molecule has 8 nitrogen and oxygen atoms in total. The van der Waals surface area contributed by atoms with Crippen LogP contribution < -0.4 is 18.9 Å². The van der Waals surface area contributed by atoms with E-state index in [-0.39, 0.29) is 17.3 Å². The zero-order chi connectivity index (χ0) is 25.2. The summed E-state index contributed by atoms with van der Waals surface area (Å²) in [6, 6.07) is 7.33. The minimum atomic E-state index is -3.72. The molecule has 1 unspecified atom stereocenters. The number of hydrogen-bond donors (Lipinski definition) is 0. The Labute approximate surface area is 220 Å². The number of hydrogen-bond acceptors (Lipinski definition) is 7. The van der Waals surface area contributed by atoms with Crippen molar-refractivity contribution in [1.29, 1.82) is 0 Å². The molecule has 0 aromatic heterocycles. The largest absolute Gasteiger partial charge is 0.497 e. The van der Waals surface area contributed by atoms with E-state index in [1.807, 2.05) is 6.92 Å². The summed E-state index contributed by atoms with van der Waals surface area (Å²) in [5, 5.41) is 0. The molecule has 0 spiro atoms. The summed E-state index contributed by atoms with van der Waals surface area (Å²) in [6.07, 6.45) is 3.71. The lowest BCUT2D eigenvalue weighted by molar-refractivity contribution is 0.179. The first-order valence-electron chi connectivity index (χ1n) is 12.1. The lowest BCUT2D eigenvalue weighted by Gasteiger charge is -2.36. The van der Waals surface area contributed by atoms with Gasteiger partial charge in [0.2, 0.25) is 10.0 Å². The van der Waals surface area contributed by atoms with Crippen LogP contribution in [0.15, 0.2) is 29.2 Å². The van der Waals surface area contributed by atoms with E-state index in [2.05, 4.69) is 11.0 Å². The monoisotopic (exact) mass is 540 g/mol. The van der Waals surface area contributed by atoms with Crippen LogP contribution in [0.4, 0.5) is 0 Å². The lowest BCUT2D eigenvalue weighted by Crippen LogP contribution is -2.38. The Morgan fingerprint density at radius 2 is 1.75 bits per heavy atom. The SMILES string of the molecule is CCN(CCCN1CCc2cc(OC)c(OC)c3c2C1CC3)S(=O)(=O)c1cc(OC)ccc1OC.Cl. The molecule has 36 heavy (non-hydrogen) atoms. The molecular formula is C26H37ClN2O6S. The van der Waals surface area contributed by atoms with Gasteiger partial charge in [-0.1, -0.05) is 6.92 Å². The van der Waals surface area contributed by atoms with Crippen molar-refractivity contribution in [1.82, 2.24) is 9.21 Å². The second-order valence-corrected chi connectivity index (χ2v) is 10.8. The fraction of sp³-hybridized carbons (Fsp3) is 0.538. The third-order valence-corrected chi connectivity index (χ3v) is 9.20. The third-order valence-electron chi connectivity index (χ3n) is 7.20. The zero-order valence-electron chi connectivity index (χ0n) is 21.7. The number of nitrogens with zero attached hydrogens (tertiary/aromatic N) is 2. The van der Waals surface area contributed by atoms with Crippen LogP contribution in [-0.4, -0.2) is 72.2 Å². The molecule has 2 aromatic carbocycles. The number of halogens is 1. The normalized spacial score (nSPS) is 16.9. The van der Waals surface area contributed by atoms with E-state index < -0.39 is 10.0 Å². The van der Waals surface area contributed by atoms with Crippen LogP contribution in [0.25, 0.3) is 0 Å². The highest BCUT2D eigenvalue weighted by molar-refractivity contribution is 7.89. The summed E-state index contributed by atoms with van der Waals surface area (Å²) in [7, 11) is 2.66. The fourth-order valence-corrected chi connectivity index (χ4v) is 7.17. The molecule has 1 aliphatic carbocycles. The van der Waals surface area contributed by atoms with E-state index in [0.717, 1.165) is 50.3 Å². The van der Waals surface area contributed by atoms with Gasteiger partial charge in [-0.3, -0.25) is 4.90 Å². The quantitative estimate of drug-likeness (QED) is 0.425. The summed E-state index contributed by atoms with van der Waals surface area (Å²) in [5.41, 5.74) is 3.99. The molecule has 10 heteroatoms. The van der Waals surface area contributed by atoms with Gasteiger partial charge in [0, 0.05) is 43.9 Å². The minimum Gasteiger partial charge on any atom is -0.497 e. The molecular weight excluding hydrogens is 504 g/mol. The first-order valence-corrected chi connectivity index (χ1v) is 13.6. The highest BCUT2D eigenvalue weighted by atomic mass is 35.5. The van der Waals surface area contributed by atoms with E-state index in [4.69, 9.17) is 18.9 Å². The predicted molar refractivity (Wildman–Crippen MR) is 142 cm³/mol. The van der Waals surface area contributed by atoms with Crippen molar-refractivity contribution >= 4 is 22.4 Å². The van der Waals surface area contributed by atoms with Crippen LogP contribution >= 0.6 is 12.4 Å². The Morgan fingerprint density at radius 1 is 1.00 bits per heavy atom. The van der Waals surface area contributed by atoms with Gasteiger partial charge < -0.3 is 18.9 Å². The topological polar surface area (TPSA) is 77.5 Å². The van der Waals surface area contributed by atoms with Gasteiger partial charge in [0.15, 0.2) is 11.5 Å². The number of methoxy groups -OCH3 is 4. The number of benzene rings is 2. The first kappa shape index (κ1) is 28.4. The first-order chi connectivity index (χ1) is 16.9. The molecule has 0 N–H and O–H groups in total. The maximum Gasteiger partial charge on any atom is 0.246 e. The smallest absolute Gasteiger partial charge is 0.246 e. The van der Waals surface area contributed by atoms with E-state index in [1.54, 1.807) is 26.4 Å². The Kier molecular flexibility index (Phi) is 9.38. The molecule has 0 saturated heterocycles. The van der Waals surface area contributed by atoms with Gasteiger partial charge >= 0.3 is 0 Å². The Balaban J connectivity index is 0.00000361. The highest BCUT2D eigenvalue weighted by Crippen LogP contribution is 2.48. The summed E-state index contributed by atoms with van der Waals surface area (Å²) < 4.78 is 50.3. The number of ether oxygens (including phenoxy) is 4. The molecule has 0 amide bonds. The van der Waals surface area contributed by atoms with Crippen LogP contribution in [-0.2, 0) is 22.9 Å². The maximum absolute atomic E-state index is 13.5. The molecule has 1 heterocycles. The third kappa shape index (κ3) is 5.11. The summed E-state index contributed by atoms with van der Waals surface area (Å²) >= 11 is 0. The average Bonchev–Trinajstić information content (AvgIpc) is 3.33. The van der Waals surface area contributed by atoms with Crippen molar-refractivity contribution in [2.75, 3.05) is 54.6 Å². The van der Waals surface area contributed by atoms with Crippen LogP contribution in [0.2, 0.25) is 0 Å². The van der Waals surface area contributed by atoms with Gasteiger partial charge in [0.25, 0.3) is 0 Å². The van der Waals surface area contributed by atoms with Crippen molar-refractivity contribution in [3.8, 4) is 23.0 Å². The fourth-order valence-electron chi connectivity index (χ4n) is 5.51. The Hall–Kier alpha value is -2.20. The lowest BCUT2D eigenvalue weighted by atomic mass is 9.92. The summed E-state index contributed by atoms with van der Waals surface area (Å²) in [6.45, 7) is 4.47. The average molecular weight is 541 g/mol. The molecule has 0 fully saturated rings. The molecule has 0 saturated carbocycles. The van der Waals surface area contributed by atoms with E-state index in [1.165, 1.54) is 41.3 Å². The van der Waals surface area contributed by atoms with Crippen molar-refractivity contribution in [2.24, 2.45) is 0 Å². The molecule has 200 valence electrons. The van der Waals surface area contributed by atoms with Gasteiger partial charge in [-0.2, -0.15) is 4.31 Å². The van der Waals surface area contributed by atoms with Crippen molar-refractivity contribution in [3.63, 3.8) is 0 Å². The van der Waals surface area contributed by atoms with Gasteiger partial charge in [-0.25, -0.2) is 8.42 Å². The van der Waals surface area contributed by atoms with Gasteiger partial charge in [0.1, 0.15) is 16.4 Å². The van der Waals surface area contributed by atoms with E-state index >= 15 is 0 Å². The highest BCUT2D eigenvalue weighted by Gasteiger charge is 2.37. The number of sulfonamides is 1. The molecule has 0 bridgehead atoms. The molecule has 4 rings (SSSR count). The molecule has 2 aliphatic rings. The Morgan fingerprint density at radius 3 is 2.39 bits per heavy atom. The van der Waals surface area contributed by atoms with Gasteiger partial charge in [0.05, 0.1) is 28.4 Å². The van der Waals surface area contributed by atoms with Crippen LogP contribution in [0.1, 0.15) is 42.5 Å². The van der Waals surface area contributed by atoms with Crippen molar-refractivity contribution in [3.05, 3.63) is 41.0 Å². The molecule has 0 radical (unpaired) electrons. The molecule has 2 aromatic rings.